The van der Waals surface area contributed by atoms with Crippen LogP contribution in [0.4, 0.5) is 15.9 Å². The van der Waals surface area contributed by atoms with Crippen LogP contribution in [0.3, 0.4) is 0 Å². The van der Waals surface area contributed by atoms with Gasteiger partial charge in [-0.25, -0.2) is 14.4 Å². The number of rotatable bonds is 1. The van der Waals surface area contributed by atoms with Crippen LogP contribution in [-0.4, -0.2) is 16.5 Å². The lowest BCUT2D eigenvalue weighted by Gasteiger charge is -2.18. The minimum Gasteiger partial charge on any atom is -0.323 e. The van der Waals surface area contributed by atoms with E-state index < -0.39 is 0 Å². The second-order valence-electron chi connectivity index (χ2n) is 4.13. The Morgan fingerprint density at radius 1 is 1.24 bits per heavy atom. The molecule has 0 saturated carbocycles. The minimum absolute atomic E-state index is 0.329. The summed E-state index contributed by atoms with van der Waals surface area (Å²) in [5.74, 6) is 0.0478. The van der Waals surface area contributed by atoms with Crippen LogP contribution in [0.15, 0.2) is 30.6 Å². The molecule has 3 nitrogen and oxygen atoms in total. The van der Waals surface area contributed by atoms with Gasteiger partial charge in [-0.15, -0.1) is 0 Å². The second-order valence-corrected chi connectivity index (χ2v) is 4.13. The van der Waals surface area contributed by atoms with Crippen molar-refractivity contribution in [3.63, 3.8) is 0 Å². The lowest BCUT2D eigenvalue weighted by Crippen LogP contribution is -2.17. The number of aryl methyl sites for hydroxylation is 1. The maximum atomic E-state index is 14.0. The van der Waals surface area contributed by atoms with Crippen LogP contribution >= 0.6 is 0 Å². The summed E-state index contributed by atoms with van der Waals surface area (Å²) in [6.07, 6.45) is 2.34. The van der Waals surface area contributed by atoms with E-state index in [0.717, 1.165) is 18.7 Å². The summed E-state index contributed by atoms with van der Waals surface area (Å²) in [5, 5.41) is 0. The van der Waals surface area contributed by atoms with Crippen LogP contribution in [-0.2, 0) is 6.42 Å². The lowest BCUT2D eigenvalue weighted by molar-refractivity contribution is 0.600. The number of hydrogen-bond donors (Lipinski definition) is 0. The smallest absolute Gasteiger partial charge is 0.187 e. The summed E-state index contributed by atoms with van der Waals surface area (Å²) in [6.45, 7) is 2.43. The molecule has 0 saturated heterocycles. The number of benzene rings is 1. The molecule has 2 aromatic rings. The SMILES string of the molecule is Cc1ncnc(N2CCc3ccccc32)c1F. The summed E-state index contributed by atoms with van der Waals surface area (Å²) < 4.78 is 14.0. The number of fused-ring (bicyclic) bond motifs is 1. The van der Waals surface area contributed by atoms with Crippen LogP contribution < -0.4 is 4.90 Å². The highest BCUT2D eigenvalue weighted by Crippen LogP contribution is 2.34. The highest BCUT2D eigenvalue weighted by Gasteiger charge is 2.24. The molecule has 0 bridgehead atoms. The molecule has 0 fully saturated rings. The Kier molecular flexibility index (Phi) is 2.28. The first-order chi connectivity index (χ1) is 8.27. The first-order valence-corrected chi connectivity index (χ1v) is 5.60. The van der Waals surface area contributed by atoms with E-state index in [-0.39, 0.29) is 5.82 Å². The third-order valence-electron chi connectivity index (χ3n) is 3.09. The van der Waals surface area contributed by atoms with Crippen LogP contribution in [0, 0.1) is 12.7 Å². The number of halogens is 1. The molecule has 2 heterocycles. The molecule has 17 heavy (non-hydrogen) atoms. The van der Waals surface area contributed by atoms with Crippen molar-refractivity contribution in [1.82, 2.24) is 9.97 Å². The van der Waals surface area contributed by atoms with E-state index >= 15 is 0 Å². The van der Waals surface area contributed by atoms with Crippen LogP contribution in [0.5, 0.6) is 0 Å². The Labute approximate surface area is 98.9 Å². The Hall–Kier alpha value is -1.97. The maximum Gasteiger partial charge on any atom is 0.187 e. The molecular formula is C13H12FN3. The van der Waals surface area contributed by atoms with Crippen molar-refractivity contribution in [3.05, 3.63) is 47.7 Å². The fourth-order valence-electron chi connectivity index (χ4n) is 2.19. The van der Waals surface area contributed by atoms with Gasteiger partial charge in [-0.05, 0) is 25.0 Å². The summed E-state index contributed by atoms with van der Waals surface area (Å²) in [4.78, 5) is 9.83. The van der Waals surface area contributed by atoms with Crippen LogP contribution in [0.1, 0.15) is 11.3 Å². The molecule has 86 valence electrons. The number of nitrogens with zero attached hydrogens (tertiary/aromatic N) is 3. The average Bonchev–Trinajstić information content (AvgIpc) is 2.77. The predicted octanol–water partition coefficient (Wildman–Crippen LogP) is 2.62. The molecule has 0 unspecified atom stereocenters. The first-order valence-electron chi connectivity index (χ1n) is 5.60. The van der Waals surface area contributed by atoms with E-state index in [1.165, 1.54) is 11.9 Å². The van der Waals surface area contributed by atoms with E-state index in [1.807, 2.05) is 23.1 Å². The van der Waals surface area contributed by atoms with Gasteiger partial charge in [0.25, 0.3) is 0 Å². The zero-order chi connectivity index (χ0) is 11.8. The Morgan fingerprint density at radius 2 is 2.06 bits per heavy atom. The molecule has 1 aliphatic heterocycles. The van der Waals surface area contributed by atoms with E-state index in [2.05, 4.69) is 16.0 Å². The van der Waals surface area contributed by atoms with Crippen LogP contribution in [0.2, 0.25) is 0 Å². The lowest BCUT2D eigenvalue weighted by atomic mass is 10.2. The third-order valence-corrected chi connectivity index (χ3v) is 3.09. The van der Waals surface area contributed by atoms with Crippen molar-refractivity contribution >= 4 is 11.5 Å². The number of hydrogen-bond acceptors (Lipinski definition) is 3. The van der Waals surface area contributed by atoms with Crippen molar-refractivity contribution in [2.75, 3.05) is 11.4 Å². The molecule has 3 rings (SSSR count). The molecule has 0 spiro atoms. The van der Waals surface area contributed by atoms with E-state index in [9.17, 15) is 4.39 Å². The van der Waals surface area contributed by atoms with Crippen molar-refractivity contribution < 1.29 is 4.39 Å². The highest BCUT2D eigenvalue weighted by atomic mass is 19.1. The molecule has 1 aliphatic rings. The van der Waals surface area contributed by atoms with Gasteiger partial charge in [0.1, 0.15) is 6.33 Å². The van der Waals surface area contributed by atoms with Gasteiger partial charge in [-0.1, -0.05) is 18.2 Å². The van der Waals surface area contributed by atoms with Gasteiger partial charge < -0.3 is 4.90 Å². The highest BCUT2D eigenvalue weighted by molar-refractivity contribution is 5.67. The molecule has 4 heteroatoms. The quantitative estimate of drug-likeness (QED) is 0.752. The van der Waals surface area contributed by atoms with Gasteiger partial charge in [-0.2, -0.15) is 0 Å². The van der Waals surface area contributed by atoms with Crippen LogP contribution in [0.25, 0.3) is 0 Å². The summed E-state index contributed by atoms with van der Waals surface area (Å²) in [6, 6.07) is 8.04. The van der Waals surface area contributed by atoms with Gasteiger partial charge >= 0.3 is 0 Å². The number of para-hydroxylation sites is 1. The largest absolute Gasteiger partial charge is 0.323 e. The van der Waals surface area contributed by atoms with E-state index in [4.69, 9.17) is 0 Å². The summed E-state index contributed by atoms with van der Waals surface area (Å²) in [7, 11) is 0. The summed E-state index contributed by atoms with van der Waals surface area (Å²) in [5.41, 5.74) is 2.67. The fraction of sp³-hybridized carbons (Fsp3) is 0.231. The Morgan fingerprint density at radius 3 is 2.94 bits per heavy atom. The Bertz CT molecular complexity index is 568. The van der Waals surface area contributed by atoms with Gasteiger partial charge in [0.05, 0.1) is 5.69 Å². The van der Waals surface area contributed by atoms with Gasteiger partial charge in [-0.3, -0.25) is 0 Å². The van der Waals surface area contributed by atoms with E-state index in [0.29, 0.717) is 11.5 Å². The molecule has 0 N–H and O–H groups in total. The fourth-order valence-corrected chi connectivity index (χ4v) is 2.19. The predicted molar refractivity (Wildman–Crippen MR) is 63.9 cm³/mol. The zero-order valence-corrected chi connectivity index (χ0v) is 9.52. The molecule has 0 aliphatic carbocycles. The topological polar surface area (TPSA) is 29.0 Å². The molecule has 1 aromatic carbocycles. The molecule has 0 radical (unpaired) electrons. The van der Waals surface area contributed by atoms with Crippen molar-refractivity contribution in [2.45, 2.75) is 13.3 Å². The normalized spacial score (nSPS) is 13.9. The summed E-state index contributed by atoms with van der Waals surface area (Å²) >= 11 is 0. The van der Waals surface area contributed by atoms with Gasteiger partial charge in [0.2, 0.25) is 0 Å². The molecule has 0 atom stereocenters. The van der Waals surface area contributed by atoms with Crippen molar-refractivity contribution in [3.8, 4) is 0 Å². The molecule has 0 amide bonds. The van der Waals surface area contributed by atoms with Crippen molar-refractivity contribution in [2.24, 2.45) is 0 Å². The minimum atomic E-state index is -0.329. The monoisotopic (exact) mass is 229 g/mol. The maximum absolute atomic E-state index is 14.0. The van der Waals surface area contributed by atoms with Gasteiger partial charge in [0.15, 0.2) is 11.6 Å². The number of anilines is 2. The Balaban J connectivity index is 2.10. The third kappa shape index (κ3) is 1.56. The first kappa shape index (κ1) is 10.2. The second kappa shape index (κ2) is 3.80. The van der Waals surface area contributed by atoms with E-state index in [1.54, 1.807) is 6.92 Å². The van der Waals surface area contributed by atoms with Crippen molar-refractivity contribution in [1.29, 1.82) is 0 Å². The standard InChI is InChI=1S/C13H12FN3/c1-9-12(14)13(16-8-15-9)17-7-6-10-4-2-3-5-11(10)17/h2-5,8H,6-7H2,1H3. The molecule has 1 aromatic heterocycles. The van der Waals surface area contributed by atoms with Gasteiger partial charge in [0, 0.05) is 12.2 Å². The zero-order valence-electron chi connectivity index (χ0n) is 9.52. The number of aromatic nitrogens is 2. The average molecular weight is 229 g/mol. The molecular weight excluding hydrogens is 217 g/mol.